The van der Waals surface area contributed by atoms with E-state index < -0.39 is 0 Å². The zero-order valence-corrected chi connectivity index (χ0v) is 16.5. The molecule has 1 aliphatic heterocycles. The van der Waals surface area contributed by atoms with Crippen LogP contribution in [0.1, 0.15) is 28.9 Å². The van der Waals surface area contributed by atoms with Crippen molar-refractivity contribution in [2.24, 2.45) is 0 Å². The Morgan fingerprint density at radius 2 is 1.77 bits per heavy atom. The maximum atomic E-state index is 13.1. The molecule has 0 atom stereocenters. The second-order valence-corrected chi connectivity index (χ2v) is 7.42. The largest absolute Gasteiger partial charge is 0.356 e. The number of hydrogen-bond acceptors (Lipinski definition) is 5. The number of benzene rings is 2. The molecule has 1 saturated heterocycles. The number of pyridine rings is 1. The van der Waals surface area contributed by atoms with Crippen molar-refractivity contribution in [3.63, 3.8) is 0 Å². The maximum Gasteiger partial charge on any atom is 0.255 e. The van der Waals surface area contributed by atoms with E-state index in [4.69, 9.17) is 4.98 Å². The first-order valence-electron chi connectivity index (χ1n) is 10.2. The lowest BCUT2D eigenvalue weighted by molar-refractivity contribution is 0.0951. The number of aromatic nitrogens is 4. The highest BCUT2D eigenvalue weighted by molar-refractivity contribution is 6.02. The molecule has 5 rings (SSSR count). The van der Waals surface area contributed by atoms with E-state index in [9.17, 15) is 4.79 Å². The molecule has 0 aliphatic carbocycles. The van der Waals surface area contributed by atoms with Gasteiger partial charge in [0.05, 0.1) is 29.5 Å². The minimum Gasteiger partial charge on any atom is -0.356 e. The fourth-order valence-corrected chi connectivity index (χ4v) is 3.80. The molecule has 2 aromatic heterocycles. The third-order valence-corrected chi connectivity index (χ3v) is 5.35. The van der Waals surface area contributed by atoms with Crippen LogP contribution in [0.3, 0.4) is 0 Å². The predicted octanol–water partition coefficient (Wildman–Crippen LogP) is 3.35. The maximum absolute atomic E-state index is 13.1. The number of amides is 1. The van der Waals surface area contributed by atoms with Gasteiger partial charge in [-0.15, -0.1) is 5.10 Å². The monoisotopic (exact) mass is 398 g/mol. The van der Waals surface area contributed by atoms with Gasteiger partial charge in [-0.05, 0) is 37.1 Å². The van der Waals surface area contributed by atoms with Crippen LogP contribution in [0.25, 0.3) is 16.6 Å². The summed E-state index contributed by atoms with van der Waals surface area (Å²) in [5.41, 5.74) is 3.13. The number of para-hydroxylation sites is 2. The molecule has 7 heteroatoms. The summed E-state index contributed by atoms with van der Waals surface area (Å²) in [6.45, 7) is 2.16. The first-order valence-corrected chi connectivity index (χ1v) is 10.2. The van der Waals surface area contributed by atoms with E-state index >= 15 is 0 Å². The zero-order valence-electron chi connectivity index (χ0n) is 16.5. The second kappa shape index (κ2) is 7.94. The van der Waals surface area contributed by atoms with Crippen molar-refractivity contribution in [1.82, 2.24) is 25.3 Å². The molecule has 1 amide bonds. The highest BCUT2D eigenvalue weighted by atomic mass is 16.1. The molecule has 30 heavy (non-hydrogen) atoms. The van der Waals surface area contributed by atoms with E-state index in [2.05, 4.69) is 20.5 Å². The molecule has 0 unspecified atom stereocenters. The van der Waals surface area contributed by atoms with Gasteiger partial charge >= 0.3 is 0 Å². The van der Waals surface area contributed by atoms with Crippen molar-refractivity contribution >= 4 is 22.6 Å². The third kappa shape index (κ3) is 3.61. The van der Waals surface area contributed by atoms with Crippen LogP contribution in [0.5, 0.6) is 0 Å². The number of anilines is 1. The topological polar surface area (TPSA) is 75.9 Å². The number of carbonyl (C=O) groups excluding carboxylic acids is 1. The van der Waals surface area contributed by atoms with Crippen LogP contribution < -0.4 is 10.2 Å². The summed E-state index contributed by atoms with van der Waals surface area (Å²) >= 11 is 0. The quantitative estimate of drug-likeness (QED) is 0.558. The summed E-state index contributed by atoms with van der Waals surface area (Å²) in [4.78, 5) is 20.1. The number of hydrogen-bond donors (Lipinski definition) is 1. The summed E-state index contributed by atoms with van der Waals surface area (Å²) in [6.07, 6.45) is 4.08. The van der Waals surface area contributed by atoms with Crippen LogP contribution in [-0.4, -0.2) is 39.0 Å². The first-order chi connectivity index (χ1) is 14.8. The molecule has 0 spiro atoms. The van der Waals surface area contributed by atoms with E-state index in [0.29, 0.717) is 17.8 Å². The van der Waals surface area contributed by atoms with Gasteiger partial charge in [-0.3, -0.25) is 4.79 Å². The summed E-state index contributed by atoms with van der Waals surface area (Å²) in [5.74, 6) is 0.612. The van der Waals surface area contributed by atoms with Crippen LogP contribution in [0.4, 0.5) is 5.82 Å². The molecule has 150 valence electrons. The molecule has 4 aromatic rings. The predicted molar refractivity (Wildman–Crippen MR) is 116 cm³/mol. The Morgan fingerprint density at radius 3 is 2.60 bits per heavy atom. The van der Waals surface area contributed by atoms with Crippen molar-refractivity contribution in [1.29, 1.82) is 0 Å². The summed E-state index contributed by atoms with van der Waals surface area (Å²) in [5, 5.41) is 12.3. The van der Waals surface area contributed by atoms with Crippen molar-refractivity contribution in [2.75, 3.05) is 18.0 Å². The van der Waals surface area contributed by atoms with Gasteiger partial charge in [-0.1, -0.05) is 41.6 Å². The molecule has 3 heterocycles. The normalized spacial score (nSPS) is 13.7. The Morgan fingerprint density at radius 1 is 1.00 bits per heavy atom. The van der Waals surface area contributed by atoms with Crippen LogP contribution in [0.2, 0.25) is 0 Å². The average Bonchev–Trinajstić information content (AvgIpc) is 3.49. The number of nitrogens with zero attached hydrogens (tertiary/aromatic N) is 5. The van der Waals surface area contributed by atoms with E-state index in [1.165, 1.54) is 0 Å². The molecule has 7 nitrogen and oxygen atoms in total. The van der Waals surface area contributed by atoms with Gasteiger partial charge in [0.1, 0.15) is 11.5 Å². The fraction of sp³-hybridized carbons (Fsp3) is 0.217. The number of fused-ring (bicyclic) bond motifs is 1. The standard InChI is InChI=1S/C23H22N6O/c30-23(24-15-18-16-29(27-26-18)19-9-2-1-3-10-19)20-14-17-8-4-5-11-21(17)25-22(20)28-12-6-7-13-28/h1-5,8-11,14,16H,6-7,12-13,15H2,(H,24,30). The summed E-state index contributed by atoms with van der Waals surface area (Å²) < 4.78 is 1.70. The van der Waals surface area contributed by atoms with Gasteiger partial charge in [0, 0.05) is 18.5 Å². The van der Waals surface area contributed by atoms with Crippen LogP contribution >= 0.6 is 0 Å². The van der Waals surface area contributed by atoms with Crippen molar-refractivity contribution in [3.05, 3.63) is 78.1 Å². The molecule has 0 radical (unpaired) electrons. The lowest BCUT2D eigenvalue weighted by atomic mass is 10.1. The zero-order chi connectivity index (χ0) is 20.3. The number of carbonyl (C=O) groups is 1. The summed E-state index contributed by atoms with van der Waals surface area (Å²) in [7, 11) is 0. The Balaban J connectivity index is 1.38. The Kier molecular flexibility index (Phi) is 4.85. The van der Waals surface area contributed by atoms with Gasteiger partial charge in [0.2, 0.25) is 0 Å². The molecule has 0 bridgehead atoms. The molecule has 0 saturated carbocycles. The van der Waals surface area contributed by atoms with Gasteiger partial charge in [-0.25, -0.2) is 9.67 Å². The highest BCUT2D eigenvalue weighted by Crippen LogP contribution is 2.26. The van der Waals surface area contributed by atoms with Gasteiger partial charge in [0.15, 0.2) is 0 Å². The Hall–Kier alpha value is -3.74. The van der Waals surface area contributed by atoms with Crippen LogP contribution in [0, 0.1) is 0 Å². The smallest absolute Gasteiger partial charge is 0.255 e. The third-order valence-electron chi connectivity index (χ3n) is 5.35. The lowest BCUT2D eigenvalue weighted by Crippen LogP contribution is -2.28. The lowest BCUT2D eigenvalue weighted by Gasteiger charge is -2.20. The molecule has 1 fully saturated rings. The highest BCUT2D eigenvalue weighted by Gasteiger charge is 2.22. The molecule has 1 aliphatic rings. The SMILES string of the molecule is O=C(NCc1cn(-c2ccccc2)nn1)c1cc2ccccc2nc1N1CCCC1. The molecule has 2 aromatic carbocycles. The number of rotatable bonds is 5. The van der Waals surface area contributed by atoms with Gasteiger partial charge in [-0.2, -0.15) is 0 Å². The average molecular weight is 398 g/mol. The minimum atomic E-state index is -0.149. The van der Waals surface area contributed by atoms with E-state index in [-0.39, 0.29) is 5.91 Å². The van der Waals surface area contributed by atoms with Crippen molar-refractivity contribution in [3.8, 4) is 5.69 Å². The molecule has 1 N–H and O–H groups in total. The molecular weight excluding hydrogens is 376 g/mol. The fourth-order valence-electron chi connectivity index (χ4n) is 3.80. The second-order valence-electron chi connectivity index (χ2n) is 7.42. The van der Waals surface area contributed by atoms with E-state index in [1.54, 1.807) is 4.68 Å². The van der Waals surface area contributed by atoms with Crippen molar-refractivity contribution < 1.29 is 4.79 Å². The van der Waals surface area contributed by atoms with E-state index in [1.807, 2.05) is 66.9 Å². The Bertz CT molecular complexity index is 1180. The first kappa shape index (κ1) is 18.3. The van der Waals surface area contributed by atoms with Gasteiger partial charge < -0.3 is 10.2 Å². The van der Waals surface area contributed by atoms with E-state index in [0.717, 1.165) is 48.3 Å². The summed E-state index contributed by atoms with van der Waals surface area (Å²) in [6, 6.07) is 19.6. The van der Waals surface area contributed by atoms with Crippen molar-refractivity contribution in [2.45, 2.75) is 19.4 Å². The van der Waals surface area contributed by atoms with Crippen LogP contribution in [-0.2, 0) is 6.54 Å². The molecular formula is C23H22N6O. The number of nitrogens with one attached hydrogen (secondary N) is 1. The van der Waals surface area contributed by atoms with Gasteiger partial charge in [0.25, 0.3) is 5.91 Å². The minimum absolute atomic E-state index is 0.149. The van der Waals surface area contributed by atoms with Crippen LogP contribution in [0.15, 0.2) is 66.9 Å². The Labute approximate surface area is 174 Å².